The normalized spacial score (nSPS) is 10.8. The molecule has 108 valence electrons. The van der Waals surface area contributed by atoms with Crippen LogP contribution in [0.3, 0.4) is 0 Å². The fourth-order valence-corrected chi connectivity index (χ4v) is 1.71. The van der Waals surface area contributed by atoms with Crippen molar-refractivity contribution in [3.8, 4) is 5.88 Å². The molecule has 1 aromatic rings. The van der Waals surface area contributed by atoms with Crippen LogP contribution in [-0.2, 0) is 0 Å². The Morgan fingerprint density at radius 3 is 2.74 bits per heavy atom. The molecule has 5 nitrogen and oxygen atoms in total. The van der Waals surface area contributed by atoms with Crippen LogP contribution in [-0.4, -0.2) is 42.3 Å². The van der Waals surface area contributed by atoms with E-state index < -0.39 is 0 Å². The summed E-state index contributed by atoms with van der Waals surface area (Å²) in [6, 6.07) is 2.42. The lowest BCUT2D eigenvalue weighted by atomic mass is 10.3. The van der Waals surface area contributed by atoms with Crippen LogP contribution in [0.5, 0.6) is 5.88 Å². The molecule has 1 heterocycles. The lowest BCUT2D eigenvalue weighted by Gasteiger charge is -2.22. The molecule has 0 aliphatic carbocycles. The lowest BCUT2D eigenvalue weighted by molar-refractivity contribution is 0.304. The number of rotatable bonds is 9. The van der Waals surface area contributed by atoms with Crippen molar-refractivity contribution in [3.05, 3.63) is 12.4 Å². The third kappa shape index (κ3) is 5.87. The molecule has 0 fully saturated rings. The molecule has 0 atom stereocenters. The average Bonchev–Trinajstić information content (AvgIpc) is 2.41. The van der Waals surface area contributed by atoms with Gasteiger partial charge in [-0.15, -0.1) is 0 Å². The fourth-order valence-electron chi connectivity index (χ4n) is 1.71. The lowest BCUT2D eigenvalue weighted by Crippen LogP contribution is -2.35. The van der Waals surface area contributed by atoms with Gasteiger partial charge in [-0.1, -0.05) is 20.8 Å². The van der Waals surface area contributed by atoms with E-state index in [1.165, 1.54) is 0 Å². The number of nitrogens with one attached hydrogen (secondary N) is 1. The fraction of sp³-hybridized carbons (Fsp3) is 0.714. The van der Waals surface area contributed by atoms with Crippen molar-refractivity contribution in [2.24, 2.45) is 0 Å². The van der Waals surface area contributed by atoms with Gasteiger partial charge < -0.3 is 15.0 Å². The molecular formula is C14H26N4O. The standard InChI is InChI=1S/C14H26N4O/c1-5-9-19-14-10-13(16-11-17-14)18(6-2)8-7-15-12(3)4/h10-12,15H,5-9H2,1-4H3. The molecule has 19 heavy (non-hydrogen) atoms. The third-order valence-electron chi connectivity index (χ3n) is 2.72. The smallest absolute Gasteiger partial charge is 0.218 e. The van der Waals surface area contributed by atoms with Gasteiger partial charge in [-0.2, -0.15) is 0 Å². The predicted molar refractivity (Wildman–Crippen MR) is 78.8 cm³/mol. The molecule has 0 aliphatic rings. The van der Waals surface area contributed by atoms with Crippen molar-refractivity contribution < 1.29 is 4.74 Å². The second-order valence-electron chi connectivity index (χ2n) is 4.75. The van der Waals surface area contributed by atoms with Crippen molar-refractivity contribution in [1.29, 1.82) is 0 Å². The summed E-state index contributed by atoms with van der Waals surface area (Å²) >= 11 is 0. The van der Waals surface area contributed by atoms with Crippen LogP contribution < -0.4 is 15.0 Å². The van der Waals surface area contributed by atoms with E-state index in [4.69, 9.17) is 4.74 Å². The van der Waals surface area contributed by atoms with E-state index in [-0.39, 0.29) is 0 Å². The van der Waals surface area contributed by atoms with Gasteiger partial charge in [0.2, 0.25) is 5.88 Å². The summed E-state index contributed by atoms with van der Waals surface area (Å²) in [5, 5.41) is 3.41. The Hall–Kier alpha value is -1.36. The van der Waals surface area contributed by atoms with E-state index in [0.29, 0.717) is 18.5 Å². The maximum Gasteiger partial charge on any atom is 0.218 e. The Labute approximate surface area is 116 Å². The molecule has 0 radical (unpaired) electrons. The summed E-state index contributed by atoms with van der Waals surface area (Å²) in [5.41, 5.74) is 0. The first-order valence-corrected chi connectivity index (χ1v) is 7.10. The SMILES string of the molecule is CCCOc1cc(N(CC)CCNC(C)C)ncn1. The van der Waals surface area contributed by atoms with E-state index in [2.05, 4.69) is 47.9 Å². The molecule has 5 heteroatoms. The minimum Gasteiger partial charge on any atom is -0.478 e. The van der Waals surface area contributed by atoms with Crippen LogP contribution in [0.25, 0.3) is 0 Å². The molecule has 0 saturated carbocycles. The summed E-state index contributed by atoms with van der Waals surface area (Å²) in [5.74, 6) is 1.58. The molecule has 0 spiro atoms. The number of anilines is 1. The van der Waals surface area contributed by atoms with E-state index in [1.54, 1.807) is 6.33 Å². The quantitative estimate of drug-likeness (QED) is 0.741. The molecule has 1 aromatic heterocycles. The monoisotopic (exact) mass is 266 g/mol. The zero-order valence-corrected chi connectivity index (χ0v) is 12.5. The van der Waals surface area contributed by atoms with Crippen LogP contribution in [0, 0.1) is 0 Å². The number of aromatic nitrogens is 2. The third-order valence-corrected chi connectivity index (χ3v) is 2.72. The molecule has 0 saturated heterocycles. The summed E-state index contributed by atoms with van der Waals surface area (Å²) < 4.78 is 5.54. The van der Waals surface area contributed by atoms with E-state index in [1.807, 2.05) is 6.07 Å². The van der Waals surface area contributed by atoms with Gasteiger partial charge in [-0.3, -0.25) is 0 Å². The molecule has 0 amide bonds. The van der Waals surface area contributed by atoms with Gasteiger partial charge in [0.15, 0.2) is 0 Å². The van der Waals surface area contributed by atoms with Crippen LogP contribution in [0.2, 0.25) is 0 Å². The molecule has 0 aromatic carbocycles. The van der Waals surface area contributed by atoms with Crippen LogP contribution in [0.4, 0.5) is 5.82 Å². The number of likely N-dealkylation sites (N-methyl/N-ethyl adjacent to an activating group) is 1. The second kappa shape index (κ2) is 8.69. The minimum absolute atomic E-state index is 0.507. The molecule has 1 N–H and O–H groups in total. The van der Waals surface area contributed by atoms with Crippen molar-refractivity contribution >= 4 is 5.82 Å². The summed E-state index contributed by atoms with van der Waals surface area (Å²) in [6.07, 6.45) is 2.55. The predicted octanol–water partition coefficient (Wildman–Crippen LogP) is 2.09. The number of hydrogen-bond donors (Lipinski definition) is 1. The summed E-state index contributed by atoms with van der Waals surface area (Å²) in [4.78, 5) is 10.7. The van der Waals surface area contributed by atoms with Gasteiger partial charge in [0, 0.05) is 31.7 Å². The average molecular weight is 266 g/mol. The van der Waals surface area contributed by atoms with Crippen molar-refractivity contribution in [2.45, 2.75) is 40.2 Å². The second-order valence-corrected chi connectivity index (χ2v) is 4.75. The molecule has 1 rings (SSSR count). The van der Waals surface area contributed by atoms with E-state index in [0.717, 1.165) is 31.9 Å². The highest BCUT2D eigenvalue weighted by Crippen LogP contribution is 2.15. The molecule has 0 bridgehead atoms. The summed E-state index contributed by atoms with van der Waals surface area (Å²) in [6.45, 7) is 12.0. The zero-order chi connectivity index (χ0) is 14.1. The van der Waals surface area contributed by atoms with Crippen molar-refractivity contribution in [2.75, 3.05) is 31.1 Å². The van der Waals surface area contributed by atoms with E-state index in [9.17, 15) is 0 Å². The number of hydrogen-bond acceptors (Lipinski definition) is 5. The molecular weight excluding hydrogens is 240 g/mol. The van der Waals surface area contributed by atoms with Gasteiger partial charge in [-0.05, 0) is 13.3 Å². The number of nitrogens with zero attached hydrogens (tertiary/aromatic N) is 3. The minimum atomic E-state index is 0.507. The maximum absolute atomic E-state index is 5.54. The Morgan fingerprint density at radius 1 is 1.32 bits per heavy atom. The van der Waals surface area contributed by atoms with Gasteiger partial charge in [0.25, 0.3) is 0 Å². The highest BCUT2D eigenvalue weighted by Gasteiger charge is 2.07. The van der Waals surface area contributed by atoms with Gasteiger partial charge in [0.1, 0.15) is 12.1 Å². The molecule has 0 aliphatic heterocycles. The Morgan fingerprint density at radius 2 is 2.11 bits per heavy atom. The van der Waals surface area contributed by atoms with Gasteiger partial charge >= 0.3 is 0 Å². The van der Waals surface area contributed by atoms with Crippen LogP contribution >= 0.6 is 0 Å². The van der Waals surface area contributed by atoms with Crippen molar-refractivity contribution in [1.82, 2.24) is 15.3 Å². The first-order chi connectivity index (χ1) is 9.17. The first-order valence-electron chi connectivity index (χ1n) is 7.10. The zero-order valence-electron chi connectivity index (χ0n) is 12.5. The topological polar surface area (TPSA) is 50.3 Å². The largest absolute Gasteiger partial charge is 0.478 e. The Bertz CT molecular complexity index is 357. The Balaban J connectivity index is 2.58. The maximum atomic E-state index is 5.54. The Kier molecular flexibility index (Phi) is 7.18. The van der Waals surface area contributed by atoms with Crippen LogP contribution in [0.1, 0.15) is 34.1 Å². The van der Waals surface area contributed by atoms with Gasteiger partial charge in [0.05, 0.1) is 6.61 Å². The first kappa shape index (κ1) is 15.7. The molecule has 0 unspecified atom stereocenters. The van der Waals surface area contributed by atoms with Gasteiger partial charge in [-0.25, -0.2) is 9.97 Å². The van der Waals surface area contributed by atoms with Crippen LogP contribution in [0.15, 0.2) is 12.4 Å². The highest BCUT2D eigenvalue weighted by molar-refractivity contribution is 5.40. The summed E-state index contributed by atoms with van der Waals surface area (Å²) in [7, 11) is 0. The number of ether oxygens (including phenoxy) is 1. The highest BCUT2D eigenvalue weighted by atomic mass is 16.5. The van der Waals surface area contributed by atoms with Crippen molar-refractivity contribution in [3.63, 3.8) is 0 Å². The van der Waals surface area contributed by atoms with E-state index >= 15 is 0 Å².